The number of quaternary nitrogens is 1. The van der Waals surface area contributed by atoms with Crippen LogP contribution in [0.1, 0.15) is 26.3 Å². The summed E-state index contributed by atoms with van der Waals surface area (Å²) in [7, 11) is 0. The second-order valence-corrected chi connectivity index (χ2v) is 4.20. The van der Waals surface area contributed by atoms with Gasteiger partial charge in [0.15, 0.2) is 0 Å². The Morgan fingerprint density at radius 1 is 1.11 bits per heavy atom. The van der Waals surface area contributed by atoms with Gasteiger partial charge in [-0.2, -0.15) is 0 Å². The molecule has 0 atom stereocenters. The second-order valence-electron chi connectivity index (χ2n) is 4.20. The molecule has 0 aliphatic heterocycles. The summed E-state index contributed by atoms with van der Waals surface area (Å²) in [4.78, 5) is 8.44. The van der Waals surface area contributed by atoms with Crippen LogP contribution in [0.4, 0.5) is 4.79 Å². The van der Waals surface area contributed by atoms with Crippen molar-refractivity contribution in [1.82, 2.24) is 0 Å². The fourth-order valence-electron chi connectivity index (χ4n) is 1.98. The van der Waals surface area contributed by atoms with Gasteiger partial charge >= 0.3 is 0 Å². The van der Waals surface area contributed by atoms with Crippen molar-refractivity contribution in [3.8, 4) is 0 Å². The van der Waals surface area contributed by atoms with Gasteiger partial charge in [0.1, 0.15) is 6.54 Å². The highest BCUT2D eigenvalue weighted by molar-refractivity contribution is 5.50. The molecule has 102 valence electrons. The Hall–Kier alpha value is -1.55. The molecule has 18 heavy (non-hydrogen) atoms. The Balaban J connectivity index is 0.000000631. The fraction of sp³-hybridized carbons (Fsp3) is 0.500. The molecule has 0 saturated carbocycles. The first-order valence-electron chi connectivity index (χ1n) is 6.28. The van der Waals surface area contributed by atoms with Crippen LogP contribution in [-0.2, 0) is 6.54 Å². The maximum atomic E-state index is 8.44. The van der Waals surface area contributed by atoms with E-state index in [9.17, 15) is 0 Å². The van der Waals surface area contributed by atoms with Crippen molar-refractivity contribution >= 4 is 6.16 Å². The van der Waals surface area contributed by atoms with Gasteiger partial charge in [-0.1, -0.05) is 30.3 Å². The number of rotatable bonds is 5. The van der Waals surface area contributed by atoms with Crippen molar-refractivity contribution in [2.24, 2.45) is 0 Å². The van der Waals surface area contributed by atoms with E-state index in [0.717, 1.165) is 0 Å². The third-order valence-electron chi connectivity index (χ3n) is 3.37. The van der Waals surface area contributed by atoms with Gasteiger partial charge in [-0.25, -0.2) is 0 Å². The third-order valence-corrected chi connectivity index (χ3v) is 3.37. The van der Waals surface area contributed by atoms with Gasteiger partial charge in [0, 0.05) is 5.56 Å². The van der Waals surface area contributed by atoms with Crippen LogP contribution in [0.5, 0.6) is 0 Å². The molecule has 0 aliphatic carbocycles. The van der Waals surface area contributed by atoms with Gasteiger partial charge in [-0.15, -0.1) is 0 Å². The first-order chi connectivity index (χ1) is 8.49. The molecule has 0 aromatic heterocycles. The molecule has 4 nitrogen and oxygen atoms in total. The summed E-state index contributed by atoms with van der Waals surface area (Å²) in [6, 6.07) is 10.8. The second kappa shape index (κ2) is 8.53. The van der Waals surface area contributed by atoms with Crippen molar-refractivity contribution in [3.63, 3.8) is 0 Å². The predicted molar refractivity (Wildman–Crippen MR) is 70.1 cm³/mol. The number of carbonyl (C=O) groups is 1. The molecular formula is C14H23NO3. The zero-order valence-corrected chi connectivity index (χ0v) is 11.4. The van der Waals surface area contributed by atoms with Crippen LogP contribution in [-0.4, -0.2) is 35.4 Å². The van der Waals surface area contributed by atoms with Gasteiger partial charge in [0.2, 0.25) is 6.16 Å². The number of benzene rings is 1. The van der Waals surface area contributed by atoms with E-state index in [-0.39, 0.29) is 0 Å². The molecule has 1 rings (SSSR count). The van der Waals surface area contributed by atoms with Crippen LogP contribution in [0, 0.1) is 0 Å². The molecule has 0 amide bonds. The Morgan fingerprint density at radius 3 is 1.83 bits per heavy atom. The highest BCUT2D eigenvalue weighted by Gasteiger charge is 2.20. The van der Waals surface area contributed by atoms with Gasteiger partial charge in [-0.3, -0.25) is 0 Å². The van der Waals surface area contributed by atoms with E-state index < -0.39 is 6.16 Å². The molecule has 4 heteroatoms. The molecule has 0 radical (unpaired) electrons. The van der Waals surface area contributed by atoms with Crippen LogP contribution in [0.15, 0.2) is 30.3 Å². The summed E-state index contributed by atoms with van der Waals surface area (Å²) in [5, 5.41) is 15.3. The Bertz CT molecular complexity index is 322. The lowest BCUT2D eigenvalue weighted by atomic mass is 10.2. The minimum Gasteiger partial charge on any atom is -0.565 e. The smallest absolute Gasteiger partial charge is 0.249 e. The van der Waals surface area contributed by atoms with Crippen LogP contribution >= 0.6 is 0 Å². The number of nitrogens with zero attached hydrogens (tertiary/aromatic N) is 1. The van der Waals surface area contributed by atoms with Crippen molar-refractivity contribution in [3.05, 3.63) is 35.9 Å². The lowest BCUT2D eigenvalue weighted by Crippen LogP contribution is -2.46. The van der Waals surface area contributed by atoms with Crippen molar-refractivity contribution in [2.75, 3.05) is 19.6 Å². The monoisotopic (exact) mass is 253 g/mol. The fourth-order valence-corrected chi connectivity index (χ4v) is 1.98. The summed E-state index contributed by atoms with van der Waals surface area (Å²) in [5.41, 5.74) is 1.46. The van der Waals surface area contributed by atoms with Gasteiger partial charge < -0.3 is 19.5 Å². The maximum absolute atomic E-state index is 8.44. The van der Waals surface area contributed by atoms with E-state index in [2.05, 4.69) is 51.1 Å². The number of hydrogen-bond donors (Lipinski definition) is 1. The minimum absolute atomic E-state index is 1.17. The van der Waals surface area contributed by atoms with Crippen LogP contribution in [0.2, 0.25) is 0 Å². The van der Waals surface area contributed by atoms with Crippen LogP contribution in [0.25, 0.3) is 0 Å². The number of hydrogen-bond acceptors (Lipinski definition) is 2. The van der Waals surface area contributed by atoms with Gasteiger partial charge in [0.25, 0.3) is 0 Å². The topological polar surface area (TPSA) is 60.4 Å². The SMILES string of the molecule is CC[N+](CC)(CC)Cc1ccccc1.O=C([O-])O. The average Bonchev–Trinajstić information content (AvgIpc) is 2.37. The van der Waals surface area contributed by atoms with Crippen molar-refractivity contribution in [1.29, 1.82) is 0 Å². The zero-order valence-electron chi connectivity index (χ0n) is 11.4. The third kappa shape index (κ3) is 6.25. The molecule has 0 bridgehead atoms. The summed E-state index contributed by atoms with van der Waals surface area (Å²) in [6.45, 7) is 11.7. The number of carboxylic acid groups (broad SMARTS) is 2. The molecule has 1 N–H and O–H groups in total. The lowest BCUT2D eigenvalue weighted by Gasteiger charge is -2.35. The summed E-state index contributed by atoms with van der Waals surface area (Å²) < 4.78 is 1.20. The standard InChI is InChI=1S/C13H22N.CH2O3/c1-4-14(5-2,6-3)12-13-10-8-7-9-11-13;2-1(3)4/h7-11H,4-6,12H2,1-3H3;(H2,2,3,4)/q+1;/p-1. The lowest BCUT2D eigenvalue weighted by molar-refractivity contribution is -0.936. The van der Waals surface area contributed by atoms with Gasteiger partial charge in [0.05, 0.1) is 19.6 Å². The van der Waals surface area contributed by atoms with E-state index in [1.807, 2.05) is 0 Å². The molecule has 0 aliphatic rings. The summed E-state index contributed by atoms with van der Waals surface area (Å²) >= 11 is 0. The van der Waals surface area contributed by atoms with E-state index in [0.29, 0.717) is 0 Å². The first-order valence-corrected chi connectivity index (χ1v) is 6.28. The highest BCUT2D eigenvalue weighted by atomic mass is 16.6. The van der Waals surface area contributed by atoms with Crippen molar-refractivity contribution in [2.45, 2.75) is 27.3 Å². The van der Waals surface area contributed by atoms with E-state index in [1.54, 1.807) is 0 Å². The van der Waals surface area contributed by atoms with E-state index >= 15 is 0 Å². The average molecular weight is 253 g/mol. The van der Waals surface area contributed by atoms with Crippen LogP contribution < -0.4 is 5.11 Å². The minimum atomic E-state index is -2.08. The quantitative estimate of drug-likeness (QED) is 0.816. The normalized spacial score (nSPS) is 10.4. The zero-order chi connectivity index (χ0) is 14.0. The molecule has 0 fully saturated rings. The molecule has 1 aromatic carbocycles. The predicted octanol–water partition coefficient (Wildman–Crippen LogP) is 1.95. The van der Waals surface area contributed by atoms with E-state index in [1.165, 1.54) is 36.2 Å². The van der Waals surface area contributed by atoms with Crippen LogP contribution in [0.3, 0.4) is 0 Å². The first kappa shape index (κ1) is 16.4. The Labute approximate surface area is 109 Å². The maximum Gasteiger partial charge on any atom is 0.249 e. The van der Waals surface area contributed by atoms with Gasteiger partial charge in [-0.05, 0) is 20.8 Å². The Kier molecular flexibility index (Phi) is 7.79. The summed E-state index contributed by atoms with van der Waals surface area (Å²) in [5.74, 6) is 0. The molecular weight excluding hydrogens is 230 g/mol. The van der Waals surface area contributed by atoms with E-state index in [4.69, 9.17) is 15.0 Å². The Morgan fingerprint density at radius 2 is 1.50 bits per heavy atom. The van der Waals surface area contributed by atoms with Crippen molar-refractivity contribution < 1.29 is 19.5 Å². The summed E-state index contributed by atoms with van der Waals surface area (Å²) in [6.07, 6.45) is -2.08. The molecule has 0 spiro atoms. The molecule has 0 unspecified atom stereocenters. The molecule has 1 aromatic rings. The molecule has 0 saturated heterocycles. The largest absolute Gasteiger partial charge is 0.565 e. The molecule has 0 heterocycles. The highest BCUT2D eigenvalue weighted by Crippen LogP contribution is 2.13.